The number of carbonyl (C=O) groups is 1. The molecule has 1 amide bonds. The molecule has 0 aliphatic carbocycles. The Hall–Kier alpha value is -4.90. The van der Waals surface area contributed by atoms with Crippen molar-refractivity contribution in [3.05, 3.63) is 95.0 Å². The van der Waals surface area contributed by atoms with Crippen molar-refractivity contribution >= 4 is 34.0 Å². The predicted molar refractivity (Wildman–Crippen MR) is 164 cm³/mol. The molecule has 7 rings (SSSR count). The molecule has 3 aromatic carbocycles. The van der Waals surface area contributed by atoms with Gasteiger partial charge < -0.3 is 14.2 Å². The van der Waals surface area contributed by atoms with Crippen LogP contribution < -0.4 is 9.64 Å². The second-order valence-corrected chi connectivity index (χ2v) is 11.6. The number of hydrogen-bond donors (Lipinski definition) is 0. The van der Waals surface area contributed by atoms with E-state index in [4.69, 9.17) is 19.2 Å². The van der Waals surface area contributed by atoms with E-state index < -0.39 is 17.7 Å². The molecule has 1 aliphatic heterocycles. The maximum Gasteiger partial charge on any atom is 0.227 e. The number of anilines is 1. The summed E-state index contributed by atoms with van der Waals surface area (Å²) in [5.74, 6) is -0.123. The number of carbonyl (C=O) groups excluding carboxylic acids is 1. The van der Waals surface area contributed by atoms with Gasteiger partial charge in [0.05, 0.1) is 35.6 Å². The van der Waals surface area contributed by atoms with Crippen LogP contribution in [0.5, 0.6) is 5.75 Å². The molecule has 1 atom stereocenters. The maximum absolute atomic E-state index is 14.4. The summed E-state index contributed by atoms with van der Waals surface area (Å²) >= 11 is 1.46. The van der Waals surface area contributed by atoms with E-state index in [-0.39, 0.29) is 11.6 Å². The number of ether oxygens (including phenoxy) is 1. The van der Waals surface area contributed by atoms with Gasteiger partial charge in [0.15, 0.2) is 16.8 Å². The number of methoxy groups -OCH3 is 1. The summed E-state index contributed by atoms with van der Waals surface area (Å²) in [7, 11) is 1.62. The molecular weight excluding hydrogens is 584 g/mol. The van der Waals surface area contributed by atoms with E-state index in [1.165, 1.54) is 22.3 Å². The highest BCUT2D eigenvalue weighted by atomic mass is 32.1. The molecule has 0 saturated carbocycles. The first-order chi connectivity index (χ1) is 21.3. The van der Waals surface area contributed by atoms with Gasteiger partial charge in [-0.25, -0.2) is 18.7 Å². The Bertz CT molecular complexity index is 2010. The smallest absolute Gasteiger partial charge is 0.227 e. The molecule has 1 saturated heterocycles. The summed E-state index contributed by atoms with van der Waals surface area (Å²) in [5, 5.41) is 6.75. The third-order valence-corrected chi connectivity index (χ3v) is 8.83. The monoisotopic (exact) mass is 611 g/mol. The second-order valence-electron chi connectivity index (χ2n) is 10.7. The van der Waals surface area contributed by atoms with Gasteiger partial charge in [0.25, 0.3) is 0 Å². The Balaban J connectivity index is 1.41. The first-order valence-corrected chi connectivity index (χ1v) is 15.0. The Morgan fingerprint density at radius 2 is 1.77 bits per heavy atom. The van der Waals surface area contributed by atoms with E-state index in [1.54, 1.807) is 7.11 Å². The number of thiazole rings is 1. The zero-order valence-corrected chi connectivity index (χ0v) is 25.0. The first kappa shape index (κ1) is 27.9. The van der Waals surface area contributed by atoms with Gasteiger partial charge in [-0.2, -0.15) is 0 Å². The summed E-state index contributed by atoms with van der Waals surface area (Å²) in [6, 6.07) is 16.6. The van der Waals surface area contributed by atoms with E-state index in [0.717, 1.165) is 51.5 Å². The fourth-order valence-electron chi connectivity index (χ4n) is 5.91. The normalized spacial score (nSPS) is 15.3. The molecule has 1 fully saturated rings. The highest BCUT2D eigenvalue weighted by Gasteiger charge is 2.35. The van der Waals surface area contributed by atoms with Crippen LogP contribution in [-0.4, -0.2) is 32.7 Å². The third kappa shape index (κ3) is 4.73. The number of fused-ring (bicyclic) bond motifs is 1. The lowest BCUT2D eigenvalue weighted by molar-refractivity contribution is -0.120. The van der Waals surface area contributed by atoms with Crippen LogP contribution in [0, 0.1) is 25.5 Å². The van der Waals surface area contributed by atoms with E-state index in [0.29, 0.717) is 41.5 Å². The molecule has 4 heterocycles. The number of halogens is 2. The van der Waals surface area contributed by atoms with Crippen molar-refractivity contribution in [2.45, 2.75) is 39.2 Å². The minimum atomic E-state index is -1.01. The van der Waals surface area contributed by atoms with Gasteiger partial charge in [-0.15, -0.1) is 11.3 Å². The van der Waals surface area contributed by atoms with Crippen LogP contribution in [0.1, 0.15) is 42.6 Å². The van der Waals surface area contributed by atoms with Crippen molar-refractivity contribution in [1.82, 2.24) is 19.7 Å². The molecule has 222 valence electrons. The molecule has 44 heavy (non-hydrogen) atoms. The van der Waals surface area contributed by atoms with Gasteiger partial charge in [0, 0.05) is 34.7 Å². The summed E-state index contributed by atoms with van der Waals surface area (Å²) in [4.78, 5) is 25.0. The van der Waals surface area contributed by atoms with Crippen molar-refractivity contribution in [3.8, 4) is 33.3 Å². The lowest BCUT2D eigenvalue weighted by Gasteiger charge is -2.35. The summed E-state index contributed by atoms with van der Waals surface area (Å²) < 4.78 is 41.0. The number of aromatic nitrogens is 4. The van der Waals surface area contributed by atoms with Crippen LogP contribution >= 0.6 is 11.3 Å². The number of benzene rings is 3. The lowest BCUT2D eigenvalue weighted by Crippen LogP contribution is -2.39. The minimum absolute atomic E-state index is 0.180. The van der Waals surface area contributed by atoms with Crippen LogP contribution in [0.4, 0.5) is 14.5 Å². The van der Waals surface area contributed by atoms with Crippen LogP contribution in [0.2, 0.25) is 0 Å². The number of imidazole rings is 1. The molecule has 0 unspecified atom stereocenters. The Labute approximate surface area is 255 Å². The van der Waals surface area contributed by atoms with Crippen molar-refractivity contribution in [3.63, 3.8) is 0 Å². The van der Waals surface area contributed by atoms with Crippen LogP contribution in [-0.2, 0) is 4.79 Å². The van der Waals surface area contributed by atoms with Gasteiger partial charge in [0.2, 0.25) is 5.91 Å². The van der Waals surface area contributed by atoms with Crippen molar-refractivity contribution in [2.75, 3.05) is 12.0 Å². The quantitative estimate of drug-likeness (QED) is 0.190. The fraction of sp³-hybridized carbons (Fsp3) is 0.212. The van der Waals surface area contributed by atoms with E-state index in [2.05, 4.69) is 5.16 Å². The number of amides is 1. The first-order valence-electron chi connectivity index (χ1n) is 14.2. The predicted octanol–water partition coefficient (Wildman–Crippen LogP) is 7.97. The molecule has 0 spiro atoms. The summed E-state index contributed by atoms with van der Waals surface area (Å²) in [6.45, 7) is 3.76. The molecule has 11 heteroatoms. The Morgan fingerprint density at radius 3 is 2.50 bits per heavy atom. The molecular formula is C33H27F2N5O3S. The van der Waals surface area contributed by atoms with E-state index >= 15 is 0 Å². The molecule has 8 nitrogen and oxygen atoms in total. The SMILES string of the molecule is COc1ccc(-c2csc(-n3c([C@@H]4CCCC(=O)N4c4ccc(F)c(F)c4)nc4cc(-c5c(C)noc5C)ccc43)n2)cc1. The summed E-state index contributed by atoms with van der Waals surface area (Å²) in [5.41, 5.74) is 6.06. The molecule has 6 aromatic rings. The fourth-order valence-corrected chi connectivity index (χ4v) is 6.76. The highest BCUT2D eigenvalue weighted by molar-refractivity contribution is 7.12. The van der Waals surface area contributed by atoms with Crippen LogP contribution in [0.25, 0.3) is 38.5 Å². The Morgan fingerprint density at radius 1 is 0.977 bits per heavy atom. The van der Waals surface area contributed by atoms with Gasteiger partial charge in [-0.3, -0.25) is 9.36 Å². The standard InChI is InChI=1S/C33H27F2N5O3S/c1-18-31(19(2)43-38-18)21-9-14-28-26(15-21)36-32(29-5-4-6-30(41)39(29)22-10-13-24(34)25(35)16-22)40(28)33-37-27(17-44-33)20-7-11-23(42-3)12-8-20/h7-17,29H,4-6H2,1-3H3/t29-/m0/s1. The zero-order valence-electron chi connectivity index (χ0n) is 24.2. The van der Waals surface area contributed by atoms with Crippen LogP contribution in [0.3, 0.4) is 0 Å². The molecule has 1 aliphatic rings. The number of hydrogen-bond acceptors (Lipinski definition) is 7. The average molecular weight is 612 g/mol. The number of piperidine rings is 1. The maximum atomic E-state index is 14.4. The van der Waals surface area contributed by atoms with Crippen molar-refractivity contribution in [1.29, 1.82) is 0 Å². The number of rotatable bonds is 6. The zero-order chi connectivity index (χ0) is 30.5. The molecule has 0 bridgehead atoms. The van der Waals surface area contributed by atoms with Crippen LogP contribution in [0.15, 0.2) is 70.6 Å². The average Bonchev–Trinajstić information content (AvgIpc) is 3.75. The van der Waals surface area contributed by atoms with Gasteiger partial charge in [0.1, 0.15) is 17.3 Å². The van der Waals surface area contributed by atoms with E-state index in [1.807, 2.05) is 66.3 Å². The van der Waals surface area contributed by atoms with Crippen molar-refractivity contribution in [2.24, 2.45) is 0 Å². The topological polar surface area (TPSA) is 86.3 Å². The second kappa shape index (κ2) is 11.0. The minimum Gasteiger partial charge on any atom is -0.497 e. The molecule has 3 aromatic heterocycles. The molecule has 0 N–H and O–H groups in total. The Kier molecular flexibility index (Phi) is 6.97. The number of nitrogens with zero attached hydrogens (tertiary/aromatic N) is 5. The van der Waals surface area contributed by atoms with Gasteiger partial charge in [-0.1, -0.05) is 11.2 Å². The third-order valence-electron chi connectivity index (χ3n) is 8.00. The largest absolute Gasteiger partial charge is 0.497 e. The van der Waals surface area contributed by atoms with E-state index in [9.17, 15) is 13.6 Å². The number of aryl methyl sites for hydroxylation is 2. The summed E-state index contributed by atoms with van der Waals surface area (Å²) in [6.07, 6.45) is 1.51. The van der Waals surface area contributed by atoms with Gasteiger partial charge in [-0.05, 0) is 80.8 Å². The lowest BCUT2D eigenvalue weighted by atomic mass is 9.99. The molecule has 0 radical (unpaired) electrons. The van der Waals surface area contributed by atoms with Crippen molar-refractivity contribution < 1.29 is 22.8 Å². The highest BCUT2D eigenvalue weighted by Crippen LogP contribution is 2.40. The van der Waals surface area contributed by atoms with Gasteiger partial charge >= 0.3 is 0 Å².